The molecule has 5 rings (SSSR count). The first-order valence-electron chi connectivity index (χ1n) is 10.2. The molecule has 28 heavy (non-hydrogen) atoms. The highest BCUT2D eigenvalue weighted by Crippen LogP contribution is 2.58. The summed E-state index contributed by atoms with van der Waals surface area (Å²) >= 11 is 0. The number of ether oxygens (including phenoxy) is 3. The second-order valence-corrected chi connectivity index (χ2v) is 8.55. The average molecular weight is 409 g/mol. The van der Waals surface area contributed by atoms with E-state index in [1.165, 1.54) is 5.56 Å². The van der Waals surface area contributed by atoms with E-state index in [-0.39, 0.29) is 41.9 Å². The predicted molar refractivity (Wildman–Crippen MR) is 107 cm³/mol. The molecule has 7 heteroatoms. The lowest BCUT2D eigenvalue weighted by molar-refractivity contribution is -0.123. The number of carbonyl (C=O) groups is 1. The van der Waals surface area contributed by atoms with Crippen LogP contribution in [0, 0.1) is 11.3 Å². The van der Waals surface area contributed by atoms with E-state index in [9.17, 15) is 4.79 Å². The Kier molecular flexibility index (Phi) is 5.47. The minimum Gasteiger partial charge on any atom is -0.454 e. The number of carbonyl (C=O) groups excluding carboxylic acids is 1. The molecule has 3 heterocycles. The summed E-state index contributed by atoms with van der Waals surface area (Å²) in [7, 11) is 0. The van der Waals surface area contributed by atoms with E-state index < -0.39 is 0 Å². The largest absolute Gasteiger partial charge is 0.454 e. The summed E-state index contributed by atoms with van der Waals surface area (Å²) < 4.78 is 16.7. The molecule has 6 nitrogen and oxygen atoms in total. The van der Waals surface area contributed by atoms with Gasteiger partial charge in [0, 0.05) is 31.1 Å². The highest BCUT2D eigenvalue weighted by molar-refractivity contribution is 5.85. The summed E-state index contributed by atoms with van der Waals surface area (Å²) in [6.45, 7) is 4.49. The maximum atomic E-state index is 12.9. The number of fused-ring (bicyclic) bond motifs is 1. The molecular weight excluding hydrogens is 380 g/mol. The Morgan fingerprint density at radius 2 is 1.86 bits per heavy atom. The van der Waals surface area contributed by atoms with Gasteiger partial charge in [0.15, 0.2) is 11.5 Å². The molecule has 1 atom stereocenters. The van der Waals surface area contributed by atoms with E-state index in [0.29, 0.717) is 6.54 Å². The van der Waals surface area contributed by atoms with Gasteiger partial charge in [-0.05, 0) is 68.3 Å². The van der Waals surface area contributed by atoms with Crippen molar-refractivity contribution in [3.05, 3.63) is 23.8 Å². The van der Waals surface area contributed by atoms with Gasteiger partial charge in [-0.15, -0.1) is 12.4 Å². The Morgan fingerprint density at radius 3 is 2.64 bits per heavy atom. The highest BCUT2D eigenvalue weighted by atomic mass is 35.5. The first kappa shape index (κ1) is 19.8. The molecule has 3 fully saturated rings. The van der Waals surface area contributed by atoms with E-state index in [0.717, 1.165) is 69.9 Å². The zero-order valence-electron chi connectivity index (χ0n) is 16.1. The van der Waals surface area contributed by atoms with Crippen LogP contribution in [0.2, 0.25) is 0 Å². The number of hydrogen-bond acceptors (Lipinski definition) is 5. The monoisotopic (exact) mass is 408 g/mol. The average Bonchev–Trinajstić information content (AvgIpc) is 3.19. The summed E-state index contributed by atoms with van der Waals surface area (Å²) in [5.74, 6) is 2.05. The molecule has 0 aromatic heterocycles. The second kappa shape index (κ2) is 7.73. The van der Waals surface area contributed by atoms with Gasteiger partial charge in [0.2, 0.25) is 12.7 Å². The van der Waals surface area contributed by atoms with Gasteiger partial charge in [0.1, 0.15) is 0 Å². The Morgan fingerprint density at radius 1 is 1.11 bits per heavy atom. The molecule has 2 N–H and O–H groups in total. The van der Waals surface area contributed by atoms with E-state index in [1.807, 2.05) is 6.07 Å². The SMILES string of the molecule is Cl.O=C(NCC1(c2ccc3c(c2)OCO3)CCOCC1)C1CC12CCNCC2. The molecule has 2 saturated heterocycles. The number of rotatable bonds is 4. The maximum absolute atomic E-state index is 12.9. The highest BCUT2D eigenvalue weighted by Gasteiger charge is 2.57. The van der Waals surface area contributed by atoms with Crippen molar-refractivity contribution in [2.75, 3.05) is 39.6 Å². The van der Waals surface area contributed by atoms with Crippen LogP contribution in [0.25, 0.3) is 0 Å². The van der Waals surface area contributed by atoms with Crippen LogP contribution in [-0.2, 0) is 14.9 Å². The number of hydrogen-bond donors (Lipinski definition) is 2. The Labute approximate surface area is 172 Å². The summed E-state index contributed by atoms with van der Waals surface area (Å²) in [5.41, 5.74) is 1.39. The maximum Gasteiger partial charge on any atom is 0.231 e. The molecule has 1 spiro atoms. The fourth-order valence-electron chi connectivity index (χ4n) is 5.13. The van der Waals surface area contributed by atoms with Gasteiger partial charge in [-0.3, -0.25) is 4.79 Å². The van der Waals surface area contributed by atoms with Gasteiger partial charge in [0.05, 0.1) is 0 Å². The Bertz CT molecular complexity index is 729. The van der Waals surface area contributed by atoms with Gasteiger partial charge in [-0.25, -0.2) is 0 Å². The van der Waals surface area contributed by atoms with Gasteiger partial charge < -0.3 is 24.8 Å². The molecule has 1 amide bonds. The number of piperidine rings is 1. The smallest absolute Gasteiger partial charge is 0.231 e. The Hall–Kier alpha value is -1.50. The third-order valence-electron chi connectivity index (χ3n) is 7.14. The van der Waals surface area contributed by atoms with Crippen LogP contribution in [0.1, 0.15) is 37.7 Å². The summed E-state index contributed by atoms with van der Waals surface area (Å²) in [5, 5.41) is 6.71. The molecular formula is C21H29ClN2O4. The molecule has 1 saturated carbocycles. The van der Waals surface area contributed by atoms with Crippen LogP contribution >= 0.6 is 12.4 Å². The molecule has 154 valence electrons. The summed E-state index contributed by atoms with van der Waals surface area (Å²) in [6.07, 6.45) is 5.14. The second-order valence-electron chi connectivity index (χ2n) is 8.55. The summed E-state index contributed by atoms with van der Waals surface area (Å²) in [4.78, 5) is 12.9. The van der Waals surface area contributed by atoms with Crippen LogP contribution < -0.4 is 20.1 Å². The molecule has 3 aliphatic heterocycles. The first-order chi connectivity index (χ1) is 13.2. The van der Waals surface area contributed by atoms with Crippen LogP contribution in [0.15, 0.2) is 18.2 Å². The van der Waals surface area contributed by atoms with Gasteiger partial charge in [-0.2, -0.15) is 0 Å². The van der Waals surface area contributed by atoms with Crippen molar-refractivity contribution < 1.29 is 19.0 Å². The number of amides is 1. The van der Waals surface area contributed by atoms with E-state index in [4.69, 9.17) is 14.2 Å². The van der Waals surface area contributed by atoms with Gasteiger partial charge >= 0.3 is 0 Å². The van der Waals surface area contributed by atoms with Crippen molar-refractivity contribution in [1.82, 2.24) is 10.6 Å². The van der Waals surface area contributed by atoms with Crippen molar-refractivity contribution in [1.29, 1.82) is 0 Å². The van der Waals surface area contributed by atoms with E-state index in [2.05, 4.69) is 22.8 Å². The lowest BCUT2D eigenvalue weighted by atomic mass is 9.74. The van der Waals surface area contributed by atoms with E-state index >= 15 is 0 Å². The quantitative estimate of drug-likeness (QED) is 0.800. The standard InChI is InChI=1S/C21H28N2O4.ClH/c24-19(16-12-20(16)3-7-22-8-4-20)23-13-21(5-9-25-10-6-21)15-1-2-17-18(11-15)27-14-26-17;/h1-2,11,16,22H,3-10,12-14H2,(H,23,24);1H. The van der Waals surface area contributed by atoms with Crippen molar-refractivity contribution >= 4 is 18.3 Å². The van der Waals surface area contributed by atoms with Crippen molar-refractivity contribution in [3.8, 4) is 11.5 Å². The molecule has 0 radical (unpaired) electrons. The van der Waals surface area contributed by atoms with Crippen LogP contribution in [0.3, 0.4) is 0 Å². The van der Waals surface area contributed by atoms with Crippen LogP contribution in [0.4, 0.5) is 0 Å². The molecule has 1 aliphatic carbocycles. The Balaban J connectivity index is 0.00000192. The summed E-state index contributed by atoms with van der Waals surface area (Å²) in [6, 6.07) is 6.20. The topological polar surface area (TPSA) is 68.8 Å². The first-order valence-corrected chi connectivity index (χ1v) is 10.2. The molecule has 1 aromatic rings. The van der Waals surface area contributed by atoms with E-state index in [1.54, 1.807) is 0 Å². The lowest BCUT2D eigenvalue weighted by Gasteiger charge is -2.38. The lowest BCUT2D eigenvalue weighted by Crippen LogP contribution is -2.45. The zero-order chi connectivity index (χ0) is 18.3. The zero-order valence-corrected chi connectivity index (χ0v) is 16.9. The molecule has 1 aromatic carbocycles. The van der Waals surface area contributed by atoms with Crippen molar-refractivity contribution in [2.24, 2.45) is 11.3 Å². The fourth-order valence-corrected chi connectivity index (χ4v) is 5.13. The predicted octanol–water partition coefficient (Wildman–Crippen LogP) is 2.39. The normalized spacial score (nSPS) is 26.4. The molecule has 1 unspecified atom stereocenters. The molecule has 4 aliphatic rings. The minimum absolute atomic E-state index is 0. The van der Waals surface area contributed by atoms with Crippen LogP contribution in [-0.4, -0.2) is 45.5 Å². The van der Waals surface area contributed by atoms with Crippen molar-refractivity contribution in [3.63, 3.8) is 0 Å². The number of halogens is 1. The molecule has 0 bridgehead atoms. The van der Waals surface area contributed by atoms with Crippen LogP contribution in [0.5, 0.6) is 11.5 Å². The minimum atomic E-state index is -0.0922. The number of nitrogens with one attached hydrogen (secondary N) is 2. The van der Waals surface area contributed by atoms with Gasteiger partial charge in [0.25, 0.3) is 0 Å². The third kappa shape index (κ3) is 3.46. The van der Waals surface area contributed by atoms with Crippen molar-refractivity contribution in [2.45, 2.75) is 37.5 Å². The number of benzene rings is 1. The third-order valence-corrected chi connectivity index (χ3v) is 7.14. The van der Waals surface area contributed by atoms with Gasteiger partial charge in [-0.1, -0.05) is 6.07 Å². The fraction of sp³-hybridized carbons (Fsp3) is 0.667.